The van der Waals surface area contributed by atoms with Gasteiger partial charge in [0.25, 0.3) is 5.91 Å². The molecular formula is C19H21BrClNO2. The van der Waals surface area contributed by atoms with Crippen molar-refractivity contribution in [3.63, 3.8) is 0 Å². The molecule has 0 fully saturated rings. The van der Waals surface area contributed by atoms with E-state index >= 15 is 0 Å². The van der Waals surface area contributed by atoms with Gasteiger partial charge in [0.1, 0.15) is 5.75 Å². The number of carbonyl (C=O) groups is 1. The van der Waals surface area contributed by atoms with Gasteiger partial charge in [0, 0.05) is 4.47 Å². The third-order valence-electron chi connectivity index (χ3n) is 3.80. The average molecular weight is 411 g/mol. The summed E-state index contributed by atoms with van der Waals surface area (Å²) in [6, 6.07) is 11.5. The van der Waals surface area contributed by atoms with Crippen LogP contribution in [0.1, 0.15) is 36.1 Å². The zero-order valence-electron chi connectivity index (χ0n) is 14.0. The maximum atomic E-state index is 12.2. The molecule has 0 saturated heterocycles. The Bertz CT molecular complexity index is 733. The van der Waals surface area contributed by atoms with E-state index in [2.05, 4.69) is 60.2 Å². The molecule has 0 radical (unpaired) electrons. The molecule has 2 aromatic carbocycles. The van der Waals surface area contributed by atoms with Crippen LogP contribution in [0.5, 0.6) is 5.75 Å². The molecule has 1 amide bonds. The number of carbonyl (C=O) groups excluding carboxylic acids is 1. The Morgan fingerprint density at radius 2 is 2.00 bits per heavy atom. The molecule has 0 unspecified atom stereocenters. The van der Waals surface area contributed by atoms with Gasteiger partial charge in [-0.2, -0.15) is 0 Å². The van der Waals surface area contributed by atoms with Gasteiger partial charge >= 0.3 is 0 Å². The van der Waals surface area contributed by atoms with Gasteiger partial charge in [0.15, 0.2) is 6.61 Å². The zero-order chi connectivity index (χ0) is 17.7. The number of rotatable bonds is 6. The fourth-order valence-electron chi connectivity index (χ4n) is 2.59. The van der Waals surface area contributed by atoms with Crippen LogP contribution in [0.15, 0.2) is 40.9 Å². The highest BCUT2D eigenvalue weighted by Crippen LogP contribution is 2.27. The predicted molar refractivity (Wildman–Crippen MR) is 102 cm³/mol. The molecule has 2 rings (SSSR count). The molecular weight excluding hydrogens is 390 g/mol. The van der Waals surface area contributed by atoms with E-state index in [0.717, 1.165) is 16.5 Å². The highest BCUT2D eigenvalue weighted by atomic mass is 79.9. The summed E-state index contributed by atoms with van der Waals surface area (Å²) in [5.41, 5.74) is 3.53. The lowest BCUT2D eigenvalue weighted by Crippen LogP contribution is -2.32. The SMILES string of the molecule is CC[C@@H](NC(=O)COc1ccc(Br)cc1Cl)c1ccc(C)cc1C. The number of aryl methyl sites for hydroxylation is 2. The number of hydrogen-bond donors (Lipinski definition) is 1. The van der Waals surface area contributed by atoms with Crippen LogP contribution in [0.2, 0.25) is 5.02 Å². The smallest absolute Gasteiger partial charge is 0.258 e. The summed E-state index contributed by atoms with van der Waals surface area (Å²) >= 11 is 9.43. The zero-order valence-corrected chi connectivity index (χ0v) is 16.4. The number of amides is 1. The maximum Gasteiger partial charge on any atom is 0.258 e. The van der Waals surface area contributed by atoms with E-state index in [4.69, 9.17) is 16.3 Å². The molecule has 0 heterocycles. The van der Waals surface area contributed by atoms with Gasteiger partial charge in [0.2, 0.25) is 0 Å². The summed E-state index contributed by atoms with van der Waals surface area (Å²) in [6.07, 6.45) is 0.814. The molecule has 1 N–H and O–H groups in total. The number of halogens is 2. The summed E-state index contributed by atoms with van der Waals surface area (Å²) in [4.78, 5) is 12.2. The Labute approximate surface area is 156 Å². The highest BCUT2D eigenvalue weighted by Gasteiger charge is 2.15. The normalized spacial score (nSPS) is 11.9. The lowest BCUT2D eigenvalue weighted by molar-refractivity contribution is -0.123. The molecule has 1 atom stereocenters. The van der Waals surface area contributed by atoms with E-state index in [9.17, 15) is 4.79 Å². The molecule has 0 aromatic heterocycles. The minimum Gasteiger partial charge on any atom is -0.482 e. The molecule has 0 spiro atoms. The van der Waals surface area contributed by atoms with Crippen molar-refractivity contribution < 1.29 is 9.53 Å². The number of benzene rings is 2. The summed E-state index contributed by atoms with van der Waals surface area (Å²) in [5.74, 6) is 0.329. The van der Waals surface area contributed by atoms with E-state index in [0.29, 0.717) is 10.8 Å². The number of nitrogens with one attached hydrogen (secondary N) is 1. The quantitative estimate of drug-likeness (QED) is 0.695. The maximum absolute atomic E-state index is 12.2. The Kier molecular flexibility index (Phi) is 6.69. The Morgan fingerprint density at radius 1 is 1.25 bits per heavy atom. The second-order valence-corrected chi connectivity index (χ2v) is 7.07. The monoisotopic (exact) mass is 409 g/mol. The van der Waals surface area contributed by atoms with E-state index in [1.54, 1.807) is 12.1 Å². The predicted octanol–water partition coefficient (Wildman–Crippen LogP) is 5.37. The fraction of sp³-hybridized carbons (Fsp3) is 0.316. The highest BCUT2D eigenvalue weighted by molar-refractivity contribution is 9.10. The van der Waals surface area contributed by atoms with Crippen molar-refractivity contribution in [1.82, 2.24) is 5.32 Å². The average Bonchev–Trinajstić information content (AvgIpc) is 2.52. The van der Waals surface area contributed by atoms with E-state index in [-0.39, 0.29) is 18.6 Å². The van der Waals surface area contributed by atoms with Crippen molar-refractivity contribution in [3.8, 4) is 5.75 Å². The van der Waals surface area contributed by atoms with Crippen molar-refractivity contribution in [2.75, 3.05) is 6.61 Å². The molecule has 3 nitrogen and oxygen atoms in total. The van der Waals surface area contributed by atoms with E-state index in [1.807, 2.05) is 6.07 Å². The number of hydrogen-bond acceptors (Lipinski definition) is 2. The van der Waals surface area contributed by atoms with Gasteiger partial charge in [-0.3, -0.25) is 4.79 Å². The van der Waals surface area contributed by atoms with Crippen LogP contribution in [0.4, 0.5) is 0 Å². The van der Waals surface area contributed by atoms with Crippen LogP contribution in [-0.4, -0.2) is 12.5 Å². The van der Waals surface area contributed by atoms with Crippen LogP contribution in [0.3, 0.4) is 0 Å². The van der Waals surface area contributed by atoms with Crippen molar-refractivity contribution >= 4 is 33.4 Å². The Balaban J connectivity index is 1.99. The molecule has 0 saturated carbocycles. The molecule has 128 valence electrons. The van der Waals surface area contributed by atoms with Gasteiger partial charge in [-0.05, 0) is 49.6 Å². The van der Waals surface area contributed by atoms with Crippen molar-refractivity contribution in [2.24, 2.45) is 0 Å². The Morgan fingerprint density at radius 3 is 2.62 bits per heavy atom. The van der Waals surface area contributed by atoms with Crippen LogP contribution in [0.25, 0.3) is 0 Å². The van der Waals surface area contributed by atoms with Gasteiger partial charge in [0.05, 0.1) is 11.1 Å². The molecule has 0 bridgehead atoms. The van der Waals surface area contributed by atoms with Gasteiger partial charge in [-0.25, -0.2) is 0 Å². The molecule has 2 aromatic rings. The first kappa shape index (κ1) is 18.8. The third kappa shape index (κ3) is 4.99. The van der Waals surface area contributed by atoms with Gasteiger partial charge in [-0.1, -0.05) is 58.2 Å². The minimum absolute atomic E-state index is 0.0258. The lowest BCUT2D eigenvalue weighted by Gasteiger charge is -2.20. The first-order chi connectivity index (χ1) is 11.4. The third-order valence-corrected chi connectivity index (χ3v) is 4.59. The molecule has 24 heavy (non-hydrogen) atoms. The first-order valence-electron chi connectivity index (χ1n) is 7.85. The minimum atomic E-state index is -0.166. The van der Waals surface area contributed by atoms with Crippen molar-refractivity contribution in [2.45, 2.75) is 33.2 Å². The number of ether oxygens (including phenoxy) is 1. The van der Waals surface area contributed by atoms with Gasteiger partial charge in [-0.15, -0.1) is 0 Å². The summed E-state index contributed by atoms with van der Waals surface area (Å²) in [7, 11) is 0. The van der Waals surface area contributed by atoms with Gasteiger partial charge < -0.3 is 10.1 Å². The second kappa shape index (κ2) is 8.54. The molecule has 0 aliphatic rings. The molecule has 5 heteroatoms. The summed E-state index contributed by atoms with van der Waals surface area (Å²) < 4.78 is 6.39. The van der Waals surface area contributed by atoms with Crippen molar-refractivity contribution in [3.05, 3.63) is 62.6 Å². The first-order valence-corrected chi connectivity index (χ1v) is 9.02. The molecule has 0 aliphatic carbocycles. The topological polar surface area (TPSA) is 38.3 Å². The standard InChI is InChI=1S/C19H21BrClNO2/c1-4-17(15-7-5-12(2)9-13(15)3)22-19(23)11-24-18-8-6-14(20)10-16(18)21/h5-10,17H,4,11H2,1-3H3,(H,22,23)/t17-/m1/s1. The van der Waals surface area contributed by atoms with E-state index < -0.39 is 0 Å². The van der Waals surface area contributed by atoms with Crippen molar-refractivity contribution in [1.29, 1.82) is 0 Å². The Hall–Kier alpha value is -1.52. The van der Waals surface area contributed by atoms with Crippen LogP contribution in [0, 0.1) is 13.8 Å². The second-order valence-electron chi connectivity index (χ2n) is 5.75. The lowest BCUT2D eigenvalue weighted by atomic mass is 9.97. The van der Waals surface area contributed by atoms with Crippen LogP contribution >= 0.6 is 27.5 Å². The van der Waals surface area contributed by atoms with Crippen LogP contribution < -0.4 is 10.1 Å². The summed E-state index contributed by atoms with van der Waals surface area (Å²) in [5, 5.41) is 3.50. The van der Waals surface area contributed by atoms with Crippen LogP contribution in [-0.2, 0) is 4.79 Å². The van der Waals surface area contributed by atoms with E-state index in [1.165, 1.54) is 11.1 Å². The largest absolute Gasteiger partial charge is 0.482 e. The molecule has 0 aliphatic heterocycles. The summed E-state index contributed by atoms with van der Waals surface area (Å²) in [6.45, 7) is 6.11. The fourth-order valence-corrected chi connectivity index (χ4v) is 3.32.